The summed E-state index contributed by atoms with van der Waals surface area (Å²) >= 11 is 7.34. The molecule has 0 saturated heterocycles. The fraction of sp³-hybridized carbons (Fsp3) is 0.0800. The largest absolute Gasteiger partial charge is 0.375 e. The van der Waals surface area contributed by atoms with Crippen molar-refractivity contribution in [3.05, 3.63) is 105 Å². The van der Waals surface area contributed by atoms with Crippen molar-refractivity contribution in [1.82, 2.24) is 9.88 Å². The highest BCUT2D eigenvalue weighted by Gasteiger charge is 2.20. The minimum absolute atomic E-state index is 0.177. The maximum Gasteiger partial charge on any atom is 0.254 e. The normalized spacial score (nSPS) is 10.4. The van der Waals surface area contributed by atoms with Crippen molar-refractivity contribution in [1.29, 1.82) is 0 Å². The number of hydrogen-bond acceptors (Lipinski definition) is 6. The summed E-state index contributed by atoms with van der Waals surface area (Å²) in [5, 5.41) is 9.28. The summed E-state index contributed by atoms with van der Waals surface area (Å²) in [5.74, 6) is -0.697. The second kappa shape index (κ2) is 11.4. The van der Waals surface area contributed by atoms with E-state index in [0.29, 0.717) is 27.1 Å². The number of aromatic nitrogens is 1. The average Bonchev–Trinajstić information content (AvgIpc) is 3.32. The molecular formula is C25H20ClN7O2S. The number of anilines is 2. The number of halogens is 1. The summed E-state index contributed by atoms with van der Waals surface area (Å²) < 4.78 is 0. The van der Waals surface area contributed by atoms with Crippen LogP contribution in [-0.4, -0.2) is 28.2 Å². The first-order chi connectivity index (χ1) is 17.4. The van der Waals surface area contributed by atoms with E-state index in [1.807, 2.05) is 17.5 Å². The molecule has 0 fully saturated rings. The first-order valence-electron chi connectivity index (χ1n) is 10.7. The Kier molecular flexibility index (Phi) is 7.82. The molecule has 9 nitrogen and oxygen atoms in total. The average molecular weight is 518 g/mol. The Hall–Kier alpha value is -4.37. The molecule has 3 aromatic carbocycles. The van der Waals surface area contributed by atoms with Gasteiger partial charge < -0.3 is 16.0 Å². The highest BCUT2D eigenvalue weighted by molar-refractivity contribution is 7.13. The molecule has 0 aliphatic heterocycles. The molecular weight excluding hydrogens is 498 g/mol. The highest BCUT2D eigenvalue weighted by atomic mass is 35.5. The molecule has 0 bridgehead atoms. The zero-order valence-electron chi connectivity index (χ0n) is 18.8. The smallest absolute Gasteiger partial charge is 0.254 e. The van der Waals surface area contributed by atoms with Gasteiger partial charge in [-0.25, -0.2) is 4.98 Å². The van der Waals surface area contributed by atoms with Crippen LogP contribution in [0, 0.1) is 0 Å². The maximum absolute atomic E-state index is 13.3. The Labute approximate surface area is 215 Å². The van der Waals surface area contributed by atoms with Crippen molar-refractivity contribution in [2.24, 2.45) is 5.11 Å². The maximum atomic E-state index is 13.3. The van der Waals surface area contributed by atoms with E-state index in [0.717, 1.165) is 16.8 Å². The molecule has 0 spiro atoms. The van der Waals surface area contributed by atoms with Crippen molar-refractivity contribution in [2.45, 2.75) is 6.54 Å². The van der Waals surface area contributed by atoms with Gasteiger partial charge in [-0.3, -0.25) is 9.59 Å². The molecule has 0 radical (unpaired) electrons. The molecule has 36 heavy (non-hydrogen) atoms. The van der Waals surface area contributed by atoms with Gasteiger partial charge in [0.2, 0.25) is 5.91 Å². The Morgan fingerprint density at radius 1 is 1.06 bits per heavy atom. The van der Waals surface area contributed by atoms with Crippen LogP contribution in [0.2, 0.25) is 5.02 Å². The van der Waals surface area contributed by atoms with E-state index in [9.17, 15) is 9.59 Å². The van der Waals surface area contributed by atoms with Crippen LogP contribution in [0.15, 0.2) is 83.3 Å². The molecule has 1 aromatic heterocycles. The SMILES string of the molecule is [N-]=[N+]=Nc1ccc(C(=O)N(CC(=O)Nc2ccc(-c3csc(N)n3)cc2)Cc2ccc(Cl)cc2)cc1. The van der Waals surface area contributed by atoms with Gasteiger partial charge in [0.25, 0.3) is 5.91 Å². The minimum Gasteiger partial charge on any atom is -0.375 e. The van der Waals surface area contributed by atoms with Crippen LogP contribution in [0.4, 0.5) is 16.5 Å². The Bertz CT molecular complexity index is 1410. The Morgan fingerprint density at radius 3 is 2.36 bits per heavy atom. The molecule has 1 heterocycles. The number of rotatable bonds is 8. The topological polar surface area (TPSA) is 137 Å². The van der Waals surface area contributed by atoms with Gasteiger partial charge in [0.1, 0.15) is 6.54 Å². The summed E-state index contributed by atoms with van der Waals surface area (Å²) in [6, 6.07) is 20.5. The van der Waals surface area contributed by atoms with E-state index in [2.05, 4.69) is 20.3 Å². The summed E-state index contributed by atoms with van der Waals surface area (Å²) in [6.45, 7) is 0.0235. The van der Waals surface area contributed by atoms with Crippen LogP contribution in [0.5, 0.6) is 0 Å². The monoisotopic (exact) mass is 517 g/mol. The molecule has 0 unspecified atom stereocenters. The van der Waals surface area contributed by atoms with Crippen LogP contribution >= 0.6 is 22.9 Å². The third-order valence-corrected chi connectivity index (χ3v) is 6.10. The molecule has 0 aliphatic carbocycles. The minimum atomic E-state index is -0.353. The van der Waals surface area contributed by atoms with Gasteiger partial charge in [-0.2, -0.15) is 0 Å². The highest BCUT2D eigenvalue weighted by Crippen LogP contribution is 2.24. The number of carbonyl (C=O) groups excluding carboxylic acids is 2. The predicted octanol–water partition coefficient (Wildman–Crippen LogP) is 6.27. The Balaban J connectivity index is 1.49. The van der Waals surface area contributed by atoms with Gasteiger partial charge in [-0.15, -0.1) is 11.3 Å². The third-order valence-electron chi connectivity index (χ3n) is 5.17. The van der Waals surface area contributed by atoms with Crippen molar-refractivity contribution < 1.29 is 9.59 Å². The number of nitrogens with zero attached hydrogens (tertiary/aromatic N) is 5. The van der Waals surface area contributed by atoms with Gasteiger partial charge in [0.05, 0.1) is 5.69 Å². The number of carbonyl (C=O) groups is 2. The number of nitrogens with two attached hydrogens (primary N) is 1. The number of nitrogens with one attached hydrogen (secondary N) is 1. The lowest BCUT2D eigenvalue weighted by atomic mass is 10.1. The standard InChI is InChI=1S/C25H20ClN7O2S/c26-19-7-1-16(2-8-19)13-33(24(35)18-5-11-21(12-6-18)31-32-28)14-23(34)29-20-9-3-17(4-10-20)22-15-36-25(27)30-22/h1-12,15H,13-14H2,(H2,27,30)(H,29,34). The molecule has 4 rings (SSSR count). The summed E-state index contributed by atoms with van der Waals surface area (Å²) in [5.41, 5.74) is 18.1. The number of hydrogen-bond donors (Lipinski definition) is 2. The van der Waals surface area contributed by atoms with Crippen LogP contribution in [0.1, 0.15) is 15.9 Å². The lowest BCUT2D eigenvalue weighted by Crippen LogP contribution is -2.37. The molecule has 2 amide bonds. The van der Waals surface area contributed by atoms with Crippen LogP contribution in [0.3, 0.4) is 0 Å². The molecule has 180 valence electrons. The fourth-order valence-electron chi connectivity index (χ4n) is 3.43. The van der Waals surface area contributed by atoms with Gasteiger partial charge in [0.15, 0.2) is 5.13 Å². The molecule has 11 heteroatoms. The number of nitrogen functional groups attached to an aromatic ring is 1. The second-order valence-corrected chi connectivity index (χ2v) is 9.05. The molecule has 0 aliphatic rings. The van der Waals surface area contributed by atoms with E-state index in [1.165, 1.54) is 16.2 Å². The van der Waals surface area contributed by atoms with Gasteiger partial charge in [0, 0.05) is 44.4 Å². The number of azide groups is 1. The first-order valence-corrected chi connectivity index (χ1v) is 12.0. The van der Waals surface area contributed by atoms with E-state index >= 15 is 0 Å². The second-order valence-electron chi connectivity index (χ2n) is 7.72. The molecule has 3 N–H and O–H groups in total. The third kappa shape index (κ3) is 6.39. The lowest BCUT2D eigenvalue weighted by molar-refractivity contribution is -0.117. The van der Waals surface area contributed by atoms with Crippen LogP contribution in [-0.2, 0) is 11.3 Å². The quantitative estimate of drug-likeness (QED) is 0.161. The zero-order chi connectivity index (χ0) is 25.5. The summed E-state index contributed by atoms with van der Waals surface area (Å²) in [4.78, 5) is 34.6. The van der Waals surface area contributed by atoms with Crippen molar-refractivity contribution in [3.8, 4) is 11.3 Å². The van der Waals surface area contributed by atoms with Crippen molar-refractivity contribution in [2.75, 3.05) is 17.6 Å². The van der Waals surface area contributed by atoms with Gasteiger partial charge in [-0.1, -0.05) is 53.1 Å². The van der Waals surface area contributed by atoms with E-state index in [4.69, 9.17) is 22.9 Å². The van der Waals surface area contributed by atoms with E-state index in [-0.39, 0.29) is 24.9 Å². The lowest BCUT2D eigenvalue weighted by Gasteiger charge is -2.23. The summed E-state index contributed by atoms with van der Waals surface area (Å²) in [7, 11) is 0. The molecule has 0 atom stereocenters. The first kappa shape index (κ1) is 24.7. The fourth-order valence-corrected chi connectivity index (χ4v) is 4.13. The van der Waals surface area contributed by atoms with Crippen LogP contribution in [0.25, 0.3) is 21.7 Å². The zero-order valence-corrected chi connectivity index (χ0v) is 20.4. The van der Waals surface area contributed by atoms with Gasteiger partial charge in [-0.05, 0) is 47.5 Å². The molecule has 4 aromatic rings. The summed E-state index contributed by atoms with van der Waals surface area (Å²) in [6.07, 6.45) is 0. The van der Waals surface area contributed by atoms with E-state index in [1.54, 1.807) is 60.7 Å². The molecule has 0 saturated carbocycles. The van der Waals surface area contributed by atoms with Gasteiger partial charge >= 0.3 is 0 Å². The van der Waals surface area contributed by atoms with Crippen molar-refractivity contribution >= 4 is 51.3 Å². The van der Waals surface area contributed by atoms with Crippen LogP contribution < -0.4 is 11.1 Å². The van der Waals surface area contributed by atoms with E-state index < -0.39 is 0 Å². The van der Waals surface area contributed by atoms with Crippen molar-refractivity contribution in [3.63, 3.8) is 0 Å². The number of amides is 2. The Morgan fingerprint density at radius 2 is 1.75 bits per heavy atom. The predicted molar refractivity (Wildman–Crippen MR) is 142 cm³/mol. The number of thiazole rings is 1. The number of benzene rings is 3.